The van der Waals surface area contributed by atoms with Crippen molar-refractivity contribution in [2.75, 3.05) is 37.8 Å². The van der Waals surface area contributed by atoms with Crippen molar-refractivity contribution in [1.29, 1.82) is 0 Å². The van der Waals surface area contributed by atoms with E-state index in [2.05, 4.69) is 54.3 Å². The number of nitrogens with two attached hydrogens (primary N) is 1. The number of hydrogen-bond donors (Lipinski definition) is 9. The number of aliphatic hydroxyl groups excluding tert-OH is 2. The number of anilines is 1. The van der Waals surface area contributed by atoms with E-state index in [1.54, 1.807) is 0 Å². The van der Waals surface area contributed by atoms with E-state index in [-0.39, 0.29) is 41.6 Å². The van der Waals surface area contributed by atoms with Gasteiger partial charge in [0.2, 0.25) is 11.8 Å². The standard InChI is InChI=1S/C36H58N7O18P3S/c1-5-10-23-17-22(2)24(58-23)11-8-6-7-9-12-27(45)65-16-15-38-26(44)13-14-39-34(48)31(47)36(3,4)19-57-64(54,55)61-63(52,53)56-18-25-30(60-62(49,50)51)29(46)35(59-25)43-21-42-28-32(37)40-20-41-33(28)43/h17,20-21,25,29-31,35,46-47H,5-16,18-19H2,1-4H3,(H,38,44)(H,39,48)(H,52,53)(H,54,55)(H2,37,40,41)(H2,49,50,51). The summed E-state index contributed by atoms with van der Waals surface area (Å²) in [6.07, 6.45) is 0.0242. The first-order valence-electron chi connectivity index (χ1n) is 20.5. The fourth-order valence-electron chi connectivity index (χ4n) is 6.48. The van der Waals surface area contributed by atoms with Crippen LogP contribution in [-0.2, 0) is 63.5 Å². The van der Waals surface area contributed by atoms with Crippen molar-refractivity contribution in [3.8, 4) is 0 Å². The molecule has 0 spiro atoms. The van der Waals surface area contributed by atoms with E-state index in [1.165, 1.54) is 19.4 Å². The van der Waals surface area contributed by atoms with E-state index in [0.717, 1.165) is 85.4 Å². The lowest BCUT2D eigenvalue weighted by atomic mass is 9.87. The number of phosphoric ester groups is 3. The summed E-state index contributed by atoms with van der Waals surface area (Å²) in [5.41, 5.74) is 5.45. The molecule has 7 unspecified atom stereocenters. The number of aromatic nitrogens is 4. The molecule has 2 amide bonds. The molecule has 3 aromatic heterocycles. The van der Waals surface area contributed by atoms with Crippen LogP contribution in [0.4, 0.5) is 5.82 Å². The Bertz CT molecular complexity index is 2220. The zero-order chi connectivity index (χ0) is 48.2. The van der Waals surface area contributed by atoms with E-state index < -0.39 is 84.6 Å². The molecule has 29 heteroatoms. The Hall–Kier alpha value is -3.16. The average molecular weight is 1000 g/mol. The first kappa shape index (κ1) is 54.4. The Morgan fingerprint density at radius 2 is 1.69 bits per heavy atom. The molecule has 7 atom stereocenters. The number of nitrogen functional groups attached to an aromatic ring is 1. The first-order valence-corrected chi connectivity index (χ1v) is 26.1. The number of ether oxygens (including phenoxy) is 1. The third kappa shape index (κ3) is 17.1. The molecule has 1 aliphatic heterocycles. The number of hydrogen-bond acceptors (Lipinski definition) is 19. The number of thioether (sulfide) groups is 1. The predicted molar refractivity (Wildman–Crippen MR) is 231 cm³/mol. The maximum atomic E-state index is 12.7. The number of rotatable bonds is 28. The van der Waals surface area contributed by atoms with E-state index in [0.29, 0.717) is 12.2 Å². The number of amides is 2. The van der Waals surface area contributed by atoms with Crippen LogP contribution in [0.15, 0.2) is 23.1 Å². The maximum absolute atomic E-state index is 12.7. The van der Waals surface area contributed by atoms with Gasteiger partial charge in [-0.25, -0.2) is 28.6 Å². The summed E-state index contributed by atoms with van der Waals surface area (Å²) < 4.78 is 68.3. The fourth-order valence-corrected chi connectivity index (χ4v) is 10.0. The number of nitrogens with one attached hydrogen (secondary N) is 2. The van der Waals surface area contributed by atoms with E-state index in [4.69, 9.17) is 23.9 Å². The van der Waals surface area contributed by atoms with Gasteiger partial charge in [-0.05, 0) is 37.8 Å². The maximum Gasteiger partial charge on any atom is 0.481 e. The van der Waals surface area contributed by atoms with Crippen LogP contribution in [0, 0.1) is 12.3 Å². The highest BCUT2D eigenvalue weighted by Crippen LogP contribution is 2.61. The van der Waals surface area contributed by atoms with Gasteiger partial charge in [0.25, 0.3) is 0 Å². The molecule has 0 saturated carbocycles. The number of nitrogens with zero attached hydrogens (tertiary/aromatic N) is 4. The summed E-state index contributed by atoms with van der Waals surface area (Å²) in [5.74, 6) is 0.977. The van der Waals surface area contributed by atoms with Crippen LogP contribution in [0.5, 0.6) is 0 Å². The Morgan fingerprint density at radius 1 is 0.985 bits per heavy atom. The number of imidazole rings is 1. The Labute approximate surface area is 378 Å². The van der Waals surface area contributed by atoms with E-state index in [9.17, 15) is 57.9 Å². The molecular formula is C36H58N7O18P3S. The Kier molecular flexibility index (Phi) is 20.3. The van der Waals surface area contributed by atoms with Gasteiger partial charge in [0.05, 0.1) is 19.5 Å². The van der Waals surface area contributed by atoms with Crippen LogP contribution in [0.1, 0.15) is 89.0 Å². The molecule has 0 aromatic carbocycles. The lowest BCUT2D eigenvalue weighted by Gasteiger charge is -2.30. The summed E-state index contributed by atoms with van der Waals surface area (Å²) in [5, 5.41) is 26.6. The minimum absolute atomic E-state index is 0.0299. The number of unbranched alkanes of at least 4 members (excludes halogenated alkanes) is 3. The van der Waals surface area contributed by atoms with Gasteiger partial charge in [-0.1, -0.05) is 45.4 Å². The van der Waals surface area contributed by atoms with Crippen molar-refractivity contribution in [2.24, 2.45) is 5.41 Å². The highest BCUT2D eigenvalue weighted by Gasteiger charge is 2.50. The van der Waals surface area contributed by atoms with Gasteiger partial charge in [-0.15, -0.1) is 0 Å². The van der Waals surface area contributed by atoms with Crippen LogP contribution in [-0.4, -0.2) is 123 Å². The second kappa shape index (κ2) is 24.2. The topological polar surface area (TPSA) is 377 Å². The monoisotopic (exact) mass is 1000 g/mol. The number of aliphatic hydroxyl groups is 2. The van der Waals surface area contributed by atoms with Gasteiger partial charge >= 0.3 is 23.5 Å². The zero-order valence-electron chi connectivity index (χ0n) is 36.2. The Morgan fingerprint density at radius 3 is 2.40 bits per heavy atom. The SMILES string of the molecule is CCCc1cc(C)c(CCCCCCC(=O)SCCNC(=O)CCNC(=O)C(O)C(C)(C)COP(=O)(O)OP(=O)(O)OCC2OC(n3cnc4c(N)ncnc43)C(O)C2OP(=O)(O)O)o1. The van der Waals surface area contributed by atoms with Crippen LogP contribution < -0.4 is 16.4 Å². The molecule has 65 heavy (non-hydrogen) atoms. The number of furan rings is 1. The Balaban J connectivity index is 1.12. The second-order valence-corrected chi connectivity index (χ2v) is 21.2. The first-order chi connectivity index (χ1) is 30.4. The molecule has 4 rings (SSSR count). The fraction of sp³-hybridized carbons (Fsp3) is 0.667. The van der Waals surface area contributed by atoms with Gasteiger partial charge in [-0.3, -0.25) is 32.5 Å². The largest absolute Gasteiger partial charge is 0.481 e. The van der Waals surface area contributed by atoms with E-state index >= 15 is 0 Å². The minimum Gasteiger partial charge on any atom is -0.466 e. The number of fused-ring (bicyclic) bond motifs is 1. The lowest BCUT2D eigenvalue weighted by Crippen LogP contribution is -2.46. The van der Waals surface area contributed by atoms with Crippen molar-refractivity contribution in [1.82, 2.24) is 30.2 Å². The van der Waals surface area contributed by atoms with Gasteiger partial charge < -0.3 is 55.3 Å². The molecule has 0 radical (unpaired) electrons. The van der Waals surface area contributed by atoms with Crippen LogP contribution in [0.2, 0.25) is 0 Å². The zero-order valence-corrected chi connectivity index (χ0v) is 39.7. The third-order valence-corrected chi connectivity index (χ3v) is 13.9. The van der Waals surface area contributed by atoms with Gasteiger partial charge in [-0.2, -0.15) is 4.31 Å². The predicted octanol–water partition coefficient (Wildman–Crippen LogP) is 2.71. The normalized spacial score (nSPS) is 20.3. The minimum atomic E-state index is -5.58. The lowest BCUT2D eigenvalue weighted by molar-refractivity contribution is -0.137. The quantitative estimate of drug-likeness (QED) is 0.0373. The van der Waals surface area contributed by atoms with Crippen molar-refractivity contribution < 1.29 is 84.9 Å². The van der Waals surface area contributed by atoms with Crippen molar-refractivity contribution in [3.05, 3.63) is 35.8 Å². The molecule has 0 bridgehead atoms. The van der Waals surface area contributed by atoms with Gasteiger partial charge in [0, 0.05) is 49.9 Å². The van der Waals surface area contributed by atoms with Crippen molar-refractivity contribution >= 4 is 69.1 Å². The molecule has 0 aliphatic carbocycles. The molecule has 3 aromatic rings. The summed E-state index contributed by atoms with van der Waals surface area (Å²) in [4.78, 5) is 88.3. The number of aryl methyl sites for hydroxylation is 3. The van der Waals surface area contributed by atoms with Crippen LogP contribution in [0.25, 0.3) is 11.2 Å². The highest BCUT2D eigenvalue weighted by atomic mass is 32.2. The second-order valence-electron chi connectivity index (χ2n) is 15.8. The summed E-state index contributed by atoms with van der Waals surface area (Å²) in [7, 11) is -16.4. The molecule has 1 fully saturated rings. The van der Waals surface area contributed by atoms with Crippen molar-refractivity contribution in [2.45, 2.75) is 116 Å². The highest BCUT2D eigenvalue weighted by molar-refractivity contribution is 8.13. The summed E-state index contributed by atoms with van der Waals surface area (Å²) in [6.45, 7) is 4.69. The van der Waals surface area contributed by atoms with Crippen LogP contribution >= 0.6 is 35.2 Å². The molecule has 10 N–H and O–H groups in total. The molecule has 366 valence electrons. The van der Waals surface area contributed by atoms with Gasteiger partial charge in [0.15, 0.2) is 22.8 Å². The van der Waals surface area contributed by atoms with E-state index in [1.807, 2.05) is 0 Å². The number of carbonyl (C=O) groups is 3. The molecule has 4 heterocycles. The summed E-state index contributed by atoms with van der Waals surface area (Å²) >= 11 is 1.13. The number of phosphoric acid groups is 3. The molecule has 1 aliphatic rings. The van der Waals surface area contributed by atoms with Crippen LogP contribution in [0.3, 0.4) is 0 Å². The smallest absolute Gasteiger partial charge is 0.466 e. The molecular weight excluding hydrogens is 943 g/mol. The van der Waals surface area contributed by atoms with Gasteiger partial charge in [0.1, 0.15) is 47.8 Å². The summed E-state index contributed by atoms with van der Waals surface area (Å²) in [6, 6.07) is 2.10. The van der Waals surface area contributed by atoms with Crippen molar-refractivity contribution in [3.63, 3.8) is 0 Å². The molecule has 25 nitrogen and oxygen atoms in total. The third-order valence-electron chi connectivity index (χ3n) is 9.87. The average Bonchev–Trinajstić information content (AvgIpc) is 3.89. The number of carbonyl (C=O) groups excluding carboxylic acids is 3. The molecule has 1 saturated heterocycles.